The van der Waals surface area contributed by atoms with E-state index in [0.29, 0.717) is 0 Å². The Morgan fingerprint density at radius 1 is 1.19 bits per heavy atom. The van der Waals surface area contributed by atoms with Crippen LogP contribution in [0.3, 0.4) is 0 Å². The Kier molecular flexibility index (Phi) is 4.92. The van der Waals surface area contributed by atoms with Crippen LogP contribution in [0.2, 0.25) is 0 Å². The highest BCUT2D eigenvalue weighted by Gasteiger charge is 2.46. The monoisotopic (exact) mass is 298 g/mol. The molecule has 5 atom stereocenters. The molecule has 1 heterocycles. The van der Waals surface area contributed by atoms with E-state index in [1.165, 1.54) is 0 Å². The average Bonchev–Trinajstić information content (AvgIpc) is 2.47. The van der Waals surface area contributed by atoms with Gasteiger partial charge in [-0.05, 0) is 19.1 Å². The molecule has 116 valence electrons. The molecular formula is C14H18O7. The zero-order valence-corrected chi connectivity index (χ0v) is 11.4. The molecule has 1 aromatic carbocycles. The second-order valence-corrected chi connectivity index (χ2v) is 4.96. The highest BCUT2D eigenvalue weighted by Crippen LogP contribution is 2.23. The Hall–Kier alpha value is -1.51. The molecule has 4 N–H and O–H groups in total. The fraction of sp³-hybridized carbons (Fsp3) is 0.500. The van der Waals surface area contributed by atoms with Gasteiger partial charge in [0.05, 0.1) is 12.2 Å². The summed E-state index contributed by atoms with van der Waals surface area (Å²) in [5.41, 5.74) is 1.22. The van der Waals surface area contributed by atoms with Gasteiger partial charge in [-0.2, -0.15) is 0 Å². The molecule has 1 aliphatic rings. The smallest absolute Gasteiger partial charge is 0.338 e. The van der Waals surface area contributed by atoms with Gasteiger partial charge in [0.25, 0.3) is 0 Å². The first kappa shape index (κ1) is 15.9. The molecule has 0 unspecified atom stereocenters. The van der Waals surface area contributed by atoms with Crippen LogP contribution in [-0.4, -0.2) is 63.7 Å². The normalized spacial score (nSPS) is 32.7. The Bertz CT molecular complexity index is 487. The van der Waals surface area contributed by atoms with Crippen molar-refractivity contribution in [3.8, 4) is 0 Å². The SMILES string of the molecule is Cc1ccc(C(=O)O[C@H]2[C@@H](O)[C@@H](CO)O[C@@H](O)[C@H]2O)cc1. The van der Waals surface area contributed by atoms with Crippen LogP contribution in [0.1, 0.15) is 15.9 Å². The van der Waals surface area contributed by atoms with E-state index >= 15 is 0 Å². The van der Waals surface area contributed by atoms with Gasteiger partial charge in [-0.25, -0.2) is 4.79 Å². The molecule has 0 bridgehead atoms. The van der Waals surface area contributed by atoms with Crippen LogP contribution >= 0.6 is 0 Å². The van der Waals surface area contributed by atoms with Crippen LogP contribution in [0, 0.1) is 6.92 Å². The quantitative estimate of drug-likeness (QED) is 0.526. The van der Waals surface area contributed by atoms with Crippen LogP contribution in [0.5, 0.6) is 0 Å². The maximum atomic E-state index is 12.0. The van der Waals surface area contributed by atoms with Crippen LogP contribution in [-0.2, 0) is 9.47 Å². The van der Waals surface area contributed by atoms with Crippen LogP contribution < -0.4 is 0 Å². The molecule has 2 rings (SSSR count). The van der Waals surface area contributed by atoms with Crippen molar-refractivity contribution in [3.63, 3.8) is 0 Å². The van der Waals surface area contributed by atoms with E-state index in [1.54, 1.807) is 24.3 Å². The van der Waals surface area contributed by atoms with Crippen LogP contribution in [0.15, 0.2) is 24.3 Å². The van der Waals surface area contributed by atoms with E-state index in [-0.39, 0.29) is 5.56 Å². The maximum Gasteiger partial charge on any atom is 0.338 e. The molecule has 7 heteroatoms. The van der Waals surface area contributed by atoms with Crippen molar-refractivity contribution >= 4 is 5.97 Å². The minimum Gasteiger partial charge on any atom is -0.453 e. The van der Waals surface area contributed by atoms with Crippen molar-refractivity contribution in [3.05, 3.63) is 35.4 Å². The van der Waals surface area contributed by atoms with Crippen LogP contribution in [0.4, 0.5) is 0 Å². The van der Waals surface area contributed by atoms with Gasteiger partial charge in [0, 0.05) is 0 Å². The summed E-state index contributed by atoms with van der Waals surface area (Å²) in [5.74, 6) is -0.746. The number of aliphatic hydroxyl groups excluding tert-OH is 4. The molecule has 0 saturated carbocycles. The largest absolute Gasteiger partial charge is 0.453 e. The first-order valence-corrected chi connectivity index (χ1v) is 6.52. The van der Waals surface area contributed by atoms with Gasteiger partial charge in [-0.3, -0.25) is 0 Å². The second-order valence-electron chi connectivity index (χ2n) is 4.96. The molecule has 7 nitrogen and oxygen atoms in total. The summed E-state index contributed by atoms with van der Waals surface area (Å²) in [6.45, 7) is 1.28. The lowest BCUT2D eigenvalue weighted by molar-refractivity contribution is -0.285. The predicted molar refractivity (Wildman–Crippen MR) is 70.4 cm³/mol. The summed E-state index contributed by atoms with van der Waals surface area (Å²) >= 11 is 0. The summed E-state index contributed by atoms with van der Waals surface area (Å²) < 4.78 is 9.86. The summed E-state index contributed by atoms with van der Waals surface area (Å²) in [6.07, 6.45) is -7.22. The lowest BCUT2D eigenvalue weighted by Crippen LogP contribution is -2.59. The molecule has 1 fully saturated rings. The topological polar surface area (TPSA) is 116 Å². The second kappa shape index (κ2) is 6.50. The molecule has 0 spiro atoms. The molecule has 0 radical (unpaired) electrons. The lowest BCUT2D eigenvalue weighted by Gasteiger charge is -2.39. The fourth-order valence-electron chi connectivity index (χ4n) is 2.09. The summed E-state index contributed by atoms with van der Waals surface area (Å²) in [4.78, 5) is 12.0. The minimum absolute atomic E-state index is 0.251. The van der Waals surface area contributed by atoms with Gasteiger partial charge in [0.15, 0.2) is 12.4 Å². The molecular weight excluding hydrogens is 280 g/mol. The van der Waals surface area contributed by atoms with Gasteiger partial charge in [0.1, 0.15) is 18.3 Å². The number of hydrogen-bond donors (Lipinski definition) is 4. The minimum atomic E-state index is -1.65. The fourth-order valence-corrected chi connectivity index (χ4v) is 2.09. The number of hydrogen-bond acceptors (Lipinski definition) is 7. The Morgan fingerprint density at radius 2 is 1.81 bits per heavy atom. The third-order valence-corrected chi connectivity index (χ3v) is 3.37. The van der Waals surface area contributed by atoms with E-state index < -0.39 is 43.3 Å². The Labute approximate surface area is 121 Å². The number of carbonyl (C=O) groups is 1. The van der Waals surface area contributed by atoms with Crippen LogP contribution in [0.25, 0.3) is 0 Å². The zero-order valence-electron chi connectivity index (χ0n) is 11.4. The highest BCUT2D eigenvalue weighted by atomic mass is 16.7. The highest BCUT2D eigenvalue weighted by molar-refractivity contribution is 5.89. The van der Waals surface area contributed by atoms with E-state index in [4.69, 9.17) is 14.6 Å². The van der Waals surface area contributed by atoms with E-state index in [0.717, 1.165) is 5.56 Å². The standard InChI is InChI=1S/C14H18O7/c1-7-2-4-8(5-3-7)13(18)21-12-10(16)9(6-15)20-14(19)11(12)17/h2-5,9-12,14-17,19H,6H2,1H3/t9-,10+,11+,12+,14-/m1/s1. The number of ether oxygens (including phenoxy) is 2. The number of benzene rings is 1. The van der Waals surface area contributed by atoms with Crippen molar-refractivity contribution in [2.75, 3.05) is 6.61 Å². The molecule has 1 aromatic rings. The molecule has 0 amide bonds. The van der Waals surface area contributed by atoms with E-state index in [1.807, 2.05) is 6.92 Å². The molecule has 0 aromatic heterocycles. The Morgan fingerprint density at radius 3 is 2.38 bits per heavy atom. The number of rotatable bonds is 3. The maximum absolute atomic E-state index is 12.0. The third-order valence-electron chi connectivity index (χ3n) is 3.37. The van der Waals surface area contributed by atoms with Gasteiger partial charge in [-0.1, -0.05) is 17.7 Å². The third kappa shape index (κ3) is 3.39. The molecule has 21 heavy (non-hydrogen) atoms. The number of esters is 1. The van der Waals surface area contributed by atoms with Gasteiger partial charge >= 0.3 is 5.97 Å². The Balaban J connectivity index is 2.12. The van der Waals surface area contributed by atoms with Crippen molar-refractivity contribution in [1.82, 2.24) is 0 Å². The number of aliphatic hydroxyl groups is 4. The zero-order chi connectivity index (χ0) is 15.6. The molecule has 1 saturated heterocycles. The van der Waals surface area contributed by atoms with Crippen molar-refractivity contribution in [1.29, 1.82) is 0 Å². The van der Waals surface area contributed by atoms with Crippen molar-refractivity contribution in [2.24, 2.45) is 0 Å². The van der Waals surface area contributed by atoms with E-state index in [2.05, 4.69) is 0 Å². The first-order chi connectivity index (χ1) is 9.93. The van der Waals surface area contributed by atoms with Gasteiger partial charge < -0.3 is 29.9 Å². The lowest BCUT2D eigenvalue weighted by atomic mass is 9.99. The molecule has 1 aliphatic heterocycles. The number of aryl methyl sites for hydroxylation is 1. The van der Waals surface area contributed by atoms with E-state index in [9.17, 15) is 20.1 Å². The summed E-state index contributed by atoms with van der Waals surface area (Å²) in [5, 5.41) is 38.2. The van der Waals surface area contributed by atoms with Crippen molar-refractivity contribution in [2.45, 2.75) is 37.6 Å². The summed E-state index contributed by atoms with van der Waals surface area (Å²) in [7, 11) is 0. The average molecular weight is 298 g/mol. The van der Waals surface area contributed by atoms with Crippen molar-refractivity contribution < 1.29 is 34.7 Å². The molecule has 0 aliphatic carbocycles. The van der Waals surface area contributed by atoms with Gasteiger partial charge in [0.2, 0.25) is 0 Å². The van der Waals surface area contributed by atoms with Gasteiger partial charge in [-0.15, -0.1) is 0 Å². The number of carbonyl (C=O) groups excluding carboxylic acids is 1. The predicted octanol–water partition coefficient (Wildman–Crippen LogP) is -1.05. The summed E-state index contributed by atoms with van der Waals surface area (Å²) in [6, 6.07) is 6.54. The first-order valence-electron chi connectivity index (χ1n) is 6.52.